The van der Waals surface area contributed by atoms with Gasteiger partial charge in [0.15, 0.2) is 0 Å². The monoisotopic (exact) mass is 658 g/mol. The summed E-state index contributed by atoms with van der Waals surface area (Å²) in [5.74, 6) is -60.2. The molecule has 1 saturated heterocycles. The summed E-state index contributed by atoms with van der Waals surface area (Å²) in [4.78, 5) is 12.5. The van der Waals surface area contributed by atoms with E-state index in [1.165, 1.54) is 0 Å². The van der Waals surface area contributed by atoms with Gasteiger partial charge in [-0.15, -0.1) is 0 Å². The Morgan fingerprint density at radius 3 is 1.48 bits per heavy atom. The Hall–Kier alpha value is -2.84. The Morgan fingerprint density at radius 1 is 0.619 bits per heavy atom. The second kappa shape index (κ2) is 10.4. The minimum Gasteiger partial charge on any atom is -0.368 e. The van der Waals surface area contributed by atoms with Crippen LogP contribution in [-0.4, -0.2) is 84.9 Å². The maximum Gasteiger partial charge on any atom is 0.416 e. The highest BCUT2D eigenvalue weighted by atomic mass is 19.4. The van der Waals surface area contributed by atoms with E-state index in [9.17, 15) is 88.2 Å². The number of carbonyl (C=O) groups is 1. The van der Waals surface area contributed by atoms with Crippen LogP contribution in [0, 0.1) is 0 Å². The maximum atomic E-state index is 14.3. The molecule has 2 rings (SSSR count). The Labute approximate surface area is 220 Å². The first-order valence-electron chi connectivity index (χ1n) is 10.7. The van der Waals surface area contributed by atoms with Crippen LogP contribution < -0.4 is 4.90 Å². The van der Waals surface area contributed by atoms with Crippen molar-refractivity contribution in [3.05, 3.63) is 29.8 Å². The van der Waals surface area contributed by atoms with Gasteiger partial charge in [0.1, 0.15) is 0 Å². The highest BCUT2D eigenvalue weighted by molar-refractivity contribution is 5.85. The molecular weight excluding hydrogens is 645 g/mol. The van der Waals surface area contributed by atoms with Crippen LogP contribution >= 0.6 is 0 Å². The number of alkyl halides is 19. The van der Waals surface area contributed by atoms with Crippen LogP contribution in [0.1, 0.15) is 5.56 Å². The van der Waals surface area contributed by atoms with Crippen LogP contribution in [0.2, 0.25) is 0 Å². The van der Waals surface area contributed by atoms with E-state index in [1.54, 1.807) is 0 Å². The van der Waals surface area contributed by atoms with Crippen molar-refractivity contribution >= 4 is 11.6 Å². The smallest absolute Gasteiger partial charge is 0.368 e. The number of amides is 1. The zero-order chi connectivity index (χ0) is 33.1. The Balaban J connectivity index is 2.36. The van der Waals surface area contributed by atoms with Gasteiger partial charge in [-0.3, -0.25) is 4.79 Å². The lowest BCUT2D eigenvalue weighted by molar-refractivity contribution is -0.444. The van der Waals surface area contributed by atoms with Crippen molar-refractivity contribution in [3.63, 3.8) is 0 Å². The van der Waals surface area contributed by atoms with Crippen LogP contribution in [-0.2, 0) is 11.0 Å². The molecule has 22 heteroatoms. The van der Waals surface area contributed by atoms with E-state index in [-0.39, 0.29) is 5.69 Å². The minimum atomic E-state index is -8.63. The van der Waals surface area contributed by atoms with Gasteiger partial charge < -0.3 is 9.80 Å². The number of halogens is 19. The zero-order valence-corrected chi connectivity index (χ0v) is 19.7. The lowest BCUT2D eigenvalue weighted by Crippen LogP contribution is -2.75. The molecule has 1 aromatic rings. The fourth-order valence-corrected chi connectivity index (χ4v) is 3.51. The third-order valence-electron chi connectivity index (χ3n) is 6.04. The summed E-state index contributed by atoms with van der Waals surface area (Å²) in [5.41, 5.74) is -1.49. The molecule has 1 fully saturated rings. The van der Waals surface area contributed by atoms with Gasteiger partial charge in [-0.2, -0.15) is 74.6 Å². The van der Waals surface area contributed by atoms with Gasteiger partial charge in [-0.25, -0.2) is 8.78 Å². The largest absolute Gasteiger partial charge is 0.416 e. The molecule has 1 amide bonds. The van der Waals surface area contributed by atoms with Gasteiger partial charge >= 0.3 is 54.1 Å². The van der Waals surface area contributed by atoms with Gasteiger partial charge in [0.05, 0.1) is 5.56 Å². The molecule has 1 aliphatic heterocycles. The molecule has 0 saturated carbocycles. The quantitative estimate of drug-likeness (QED) is 0.266. The van der Waals surface area contributed by atoms with Gasteiger partial charge in [-0.05, 0) is 18.2 Å². The first-order chi connectivity index (χ1) is 18.5. The molecule has 242 valence electrons. The Morgan fingerprint density at radius 2 is 1.05 bits per heavy atom. The second-order valence-electron chi connectivity index (χ2n) is 8.70. The van der Waals surface area contributed by atoms with Crippen molar-refractivity contribution in [2.75, 3.05) is 31.1 Å². The molecule has 3 nitrogen and oxygen atoms in total. The standard InChI is InChI=1S/C20H13F19N2O/c21-11(22)13(23,24)16(30,31)18(34,35)20(38,39)19(36,37)17(32,33)14(25,26)12(42)41-6-4-40(5-7-41)10-3-1-2-9(8-10)15(27,28)29/h1-3,8,11H,4-7H2. The predicted octanol–water partition coefficient (Wildman–Crippen LogP) is 7.07. The minimum absolute atomic E-state index is 0.274. The number of anilines is 1. The van der Waals surface area contributed by atoms with Gasteiger partial charge in [0.2, 0.25) is 0 Å². The molecule has 0 bridgehead atoms. The number of hydrogen-bond donors (Lipinski definition) is 0. The Kier molecular flexibility index (Phi) is 8.76. The van der Waals surface area contributed by atoms with Crippen LogP contribution in [0.4, 0.5) is 89.1 Å². The number of nitrogens with zero attached hydrogens (tertiary/aromatic N) is 2. The molecule has 1 aliphatic rings. The predicted molar refractivity (Wildman–Crippen MR) is 101 cm³/mol. The summed E-state index contributed by atoms with van der Waals surface area (Å²) in [5, 5.41) is 0. The van der Waals surface area contributed by atoms with Crippen LogP contribution in [0.3, 0.4) is 0 Å². The molecule has 0 aliphatic carbocycles. The van der Waals surface area contributed by atoms with E-state index < -0.39 is 96.6 Å². The van der Waals surface area contributed by atoms with Crippen LogP contribution in [0.25, 0.3) is 0 Å². The number of benzene rings is 1. The molecule has 0 unspecified atom stereocenters. The van der Waals surface area contributed by atoms with Crippen molar-refractivity contribution < 1.29 is 88.2 Å². The van der Waals surface area contributed by atoms with Crippen molar-refractivity contribution in [1.82, 2.24) is 4.90 Å². The van der Waals surface area contributed by atoms with E-state index in [0.717, 1.165) is 17.0 Å². The summed E-state index contributed by atoms with van der Waals surface area (Å²) in [6.07, 6.45) is -10.8. The number of carbonyl (C=O) groups excluding carboxylic acids is 1. The third-order valence-corrected chi connectivity index (χ3v) is 6.04. The highest BCUT2D eigenvalue weighted by Crippen LogP contribution is 2.63. The van der Waals surface area contributed by atoms with Crippen molar-refractivity contribution in [2.45, 2.75) is 54.1 Å². The van der Waals surface area contributed by atoms with E-state index in [4.69, 9.17) is 0 Å². The SMILES string of the molecule is O=C(N1CCN(c2cccc(C(F)(F)F)c2)CC1)C(F)(F)C(F)(F)C(F)(F)C(F)(F)C(F)(F)C(F)(F)C(F)(F)C(F)F. The molecule has 0 atom stereocenters. The highest BCUT2D eigenvalue weighted by Gasteiger charge is 2.94. The first kappa shape index (κ1) is 35.4. The average molecular weight is 658 g/mol. The number of piperazine rings is 1. The van der Waals surface area contributed by atoms with E-state index in [0.29, 0.717) is 12.1 Å². The topological polar surface area (TPSA) is 23.6 Å². The average Bonchev–Trinajstić information content (AvgIpc) is 2.87. The fraction of sp³-hybridized carbons (Fsp3) is 0.650. The summed E-state index contributed by atoms with van der Waals surface area (Å²) in [6.45, 7) is -3.99. The van der Waals surface area contributed by atoms with Gasteiger partial charge in [-0.1, -0.05) is 6.07 Å². The second-order valence-corrected chi connectivity index (χ2v) is 8.70. The van der Waals surface area contributed by atoms with Crippen molar-refractivity contribution in [2.24, 2.45) is 0 Å². The van der Waals surface area contributed by atoms with Crippen molar-refractivity contribution in [1.29, 1.82) is 0 Å². The summed E-state index contributed by atoms with van der Waals surface area (Å²) >= 11 is 0. The lowest BCUT2D eigenvalue weighted by atomic mass is 9.89. The zero-order valence-electron chi connectivity index (χ0n) is 19.7. The molecule has 1 aromatic carbocycles. The first-order valence-corrected chi connectivity index (χ1v) is 10.7. The molecule has 1 heterocycles. The molecule has 0 aromatic heterocycles. The fourth-order valence-electron chi connectivity index (χ4n) is 3.51. The molecule has 42 heavy (non-hydrogen) atoms. The van der Waals surface area contributed by atoms with E-state index in [1.807, 2.05) is 0 Å². The van der Waals surface area contributed by atoms with Gasteiger partial charge in [0.25, 0.3) is 5.91 Å². The summed E-state index contributed by atoms with van der Waals surface area (Å²) < 4.78 is 254. The maximum absolute atomic E-state index is 14.3. The normalized spacial score (nSPS) is 17.2. The van der Waals surface area contributed by atoms with E-state index in [2.05, 4.69) is 0 Å². The van der Waals surface area contributed by atoms with E-state index >= 15 is 0 Å². The third kappa shape index (κ3) is 5.15. The molecular formula is C20H13F19N2O. The molecule has 0 radical (unpaired) electrons. The lowest BCUT2D eigenvalue weighted by Gasteiger charge is -2.43. The number of rotatable bonds is 9. The van der Waals surface area contributed by atoms with Crippen LogP contribution in [0.15, 0.2) is 24.3 Å². The summed E-state index contributed by atoms with van der Waals surface area (Å²) in [6, 6.07) is 3.04. The van der Waals surface area contributed by atoms with Crippen LogP contribution in [0.5, 0.6) is 0 Å². The van der Waals surface area contributed by atoms with Crippen molar-refractivity contribution in [3.8, 4) is 0 Å². The molecule has 0 spiro atoms. The van der Waals surface area contributed by atoms with Gasteiger partial charge in [0, 0.05) is 31.9 Å². The number of hydrogen-bond acceptors (Lipinski definition) is 2. The Bertz CT molecular complexity index is 1140. The molecule has 0 N–H and O–H groups in total. The summed E-state index contributed by atoms with van der Waals surface area (Å²) in [7, 11) is 0.